The van der Waals surface area contributed by atoms with Gasteiger partial charge in [-0.25, -0.2) is 0 Å². The van der Waals surface area contributed by atoms with Crippen LogP contribution in [0.5, 0.6) is 0 Å². The normalized spacial score (nSPS) is 13.8. The molecule has 0 atom stereocenters. The van der Waals surface area contributed by atoms with E-state index in [2.05, 4.69) is 83.9 Å². The molecule has 1 N–H and O–H groups in total. The molecule has 26 heavy (non-hydrogen) atoms. The SMILES string of the molecule is C=CCNCc1nnc2n1-c1cc(Br)ccc1N1CCc3cccc-2c31. The molecule has 1 aromatic heterocycles. The van der Waals surface area contributed by atoms with Gasteiger partial charge < -0.3 is 10.2 Å². The zero-order valence-corrected chi connectivity index (χ0v) is 15.8. The van der Waals surface area contributed by atoms with E-state index in [-0.39, 0.29) is 0 Å². The summed E-state index contributed by atoms with van der Waals surface area (Å²) in [5.41, 5.74) is 6.10. The second-order valence-electron chi connectivity index (χ2n) is 6.54. The molecule has 3 aromatic rings. The lowest BCUT2D eigenvalue weighted by Crippen LogP contribution is -2.18. The van der Waals surface area contributed by atoms with Crippen molar-refractivity contribution in [2.45, 2.75) is 13.0 Å². The number of rotatable bonds is 4. The van der Waals surface area contributed by atoms with Crippen molar-refractivity contribution >= 4 is 27.3 Å². The summed E-state index contributed by atoms with van der Waals surface area (Å²) in [6, 6.07) is 12.9. The van der Waals surface area contributed by atoms with Crippen LogP contribution in [0.25, 0.3) is 17.1 Å². The van der Waals surface area contributed by atoms with Gasteiger partial charge in [0.05, 0.1) is 23.6 Å². The van der Waals surface area contributed by atoms with Gasteiger partial charge in [0, 0.05) is 23.1 Å². The zero-order valence-electron chi connectivity index (χ0n) is 14.2. The quantitative estimate of drug-likeness (QED) is 0.524. The highest BCUT2D eigenvalue weighted by atomic mass is 79.9. The standard InChI is InChI=1S/C20H18BrN5/c1-2-9-22-12-18-23-24-20-15-5-3-4-13-8-10-25(19(13)15)16-7-6-14(21)11-17(16)26(18)20/h2-7,11,22H,1,8-10,12H2. The molecule has 3 heterocycles. The van der Waals surface area contributed by atoms with Crippen molar-refractivity contribution in [3.8, 4) is 17.1 Å². The molecule has 0 saturated carbocycles. The third-order valence-corrected chi connectivity index (χ3v) is 5.50. The first-order valence-electron chi connectivity index (χ1n) is 8.73. The summed E-state index contributed by atoms with van der Waals surface area (Å²) in [4.78, 5) is 2.42. The molecule has 0 saturated heterocycles. The molecule has 130 valence electrons. The van der Waals surface area contributed by atoms with Crippen LogP contribution in [0, 0.1) is 0 Å². The highest BCUT2D eigenvalue weighted by molar-refractivity contribution is 9.10. The average molecular weight is 408 g/mol. The van der Waals surface area contributed by atoms with Crippen molar-refractivity contribution in [2.24, 2.45) is 0 Å². The van der Waals surface area contributed by atoms with Crippen molar-refractivity contribution in [1.82, 2.24) is 20.1 Å². The topological polar surface area (TPSA) is 46.0 Å². The van der Waals surface area contributed by atoms with Gasteiger partial charge in [-0.2, -0.15) is 0 Å². The molecule has 5 rings (SSSR count). The van der Waals surface area contributed by atoms with Gasteiger partial charge >= 0.3 is 0 Å². The molecular formula is C20H18BrN5. The Balaban J connectivity index is 1.79. The fourth-order valence-corrected chi connectivity index (χ4v) is 4.27. The lowest BCUT2D eigenvalue weighted by Gasteiger charge is -2.22. The van der Waals surface area contributed by atoms with E-state index >= 15 is 0 Å². The second-order valence-corrected chi connectivity index (χ2v) is 7.46. The maximum Gasteiger partial charge on any atom is 0.170 e. The third-order valence-electron chi connectivity index (χ3n) is 5.01. The summed E-state index contributed by atoms with van der Waals surface area (Å²) in [5.74, 6) is 1.81. The molecule has 0 unspecified atom stereocenters. The van der Waals surface area contributed by atoms with Crippen molar-refractivity contribution in [3.63, 3.8) is 0 Å². The van der Waals surface area contributed by atoms with Gasteiger partial charge in [-0.1, -0.05) is 34.1 Å². The zero-order chi connectivity index (χ0) is 17.7. The lowest BCUT2D eigenvalue weighted by atomic mass is 10.1. The number of nitrogens with zero attached hydrogens (tertiary/aromatic N) is 4. The number of hydrogen-bond acceptors (Lipinski definition) is 4. The minimum Gasteiger partial charge on any atom is -0.339 e. The molecule has 0 bridgehead atoms. The third kappa shape index (κ3) is 2.26. The first kappa shape index (κ1) is 15.8. The Morgan fingerprint density at radius 2 is 2.12 bits per heavy atom. The number of fused-ring (bicyclic) bond motifs is 5. The van der Waals surface area contributed by atoms with Crippen LogP contribution in [-0.4, -0.2) is 27.9 Å². The minimum absolute atomic E-state index is 0.639. The molecule has 2 aliphatic heterocycles. The smallest absolute Gasteiger partial charge is 0.170 e. The summed E-state index contributed by atoms with van der Waals surface area (Å²) in [6.07, 6.45) is 2.91. The van der Waals surface area contributed by atoms with E-state index in [1.807, 2.05) is 6.08 Å². The van der Waals surface area contributed by atoms with Crippen LogP contribution < -0.4 is 10.2 Å². The van der Waals surface area contributed by atoms with E-state index in [1.165, 1.54) is 16.9 Å². The molecule has 0 amide bonds. The summed E-state index contributed by atoms with van der Waals surface area (Å²) < 4.78 is 3.23. The lowest BCUT2D eigenvalue weighted by molar-refractivity contribution is 0.701. The molecule has 5 nitrogen and oxygen atoms in total. The van der Waals surface area contributed by atoms with Gasteiger partial charge in [0.2, 0.25) is 0 Å². The molecule has 2 aromatic carbocycles. The summed E-state index contributed by atoms with van der Waals surface area (Å²) in [6.45, 7) is 6.13. The number of para-hydroxylation sites is 1. The molecule has 6 heteroatoms. The van der Waals surface area contributed by atoms with E-state index in [9.17, 15) is 0 Å². The van der Waals surface area contributed by atoms with Gasteiger partial charge in [0.1, 0.15) is 0 Å². The van der Waals surface area contributed by atoms with Crippen LogP contribution in [0.3, 0.4) is 0 Å². The van der Waals surface area contributed by atoms with Gasteiger partial charge in [0.15, 0.2) is 11.6 Å². The van der Waals surface area contributed by atoms with Crippen LogP contribution in [0.4, 0.5) is 11.4 Å². The van der Waals surface area contributed by atoms with Crippen LogP contribution in [-0.2, 0) is 13.0 Å². The van der Waals surface area contributed by atoms with E-state index < -0.39 is 0 Å². The Kier molecular flexibility index (Phi) is 3.69. The monoisotopic (exact) mass is 407 g/mol. The molecule has 0 radical (unpaired) electrons. The predicted octanol–water partition coefficient (Wildman–Crippen LogP) is 3.98. The minimum atomic E-state index is 0.639. The van der Waals surface area contributed by atoms with Gasteiger partial charge in [-0.05, 0) is 36.2 Å². The Morgan fingerprint density at radius 1 is 1.19 bits per heavy atom. The highest BCUT2D eigenvalue weighted by Crippen LogP contribution is 2.47. The Labute approximate surface area is 160 Å². The van der Waals surface area contributed by atoms with Crippen molar-refractivity contribution < 1.29 is 0 Å². The Morgan fingerprint density at radius 3 is 3.00 bits per heavy atom. The van der Waals surface area contributed by atoms with E-state index in [0.29, 0.717) is 6.54 Å². The number of hydrogen-bond donors (Lipinski definition) is 1. The van der Waals surface area contributed by atoms with E-state index in [0.717, 1.165) is 46.9 Å². The maximum atomic E-state index is 4.57. The molecule has 0 aliphatic carbocycles. The average Bonchev–Trinajstić information content (AvgIpc) is 3.23. The Bertz CT molecular complexity index is 1020. The second kappa shape index (κ2) is 6.07. The molecular weight excluding hydrogens is 390 g/mol. The van der Waals surface area contributed by atoms with Gasteiger partial charge in [-0.15, -0.1) is 16.8 Å². The number of nitrogens with one attached hydrogen (secondary N) is 1. The van der Waals surface area contributed by atoms with Crippen LogP contribution in [0.15, 0.2) is 53.5 Å². The largest absolute Gasteiger partial charge is 0.339 e. The maximum absolute atomic E-state index is 4.57. The number of aromatic nitrogens is 3. The van der Waals surface area contributed by atoms with Crippen LogP contribution in [0.1, 0.15) is 11.4 Å². The van der Waals surface area contributed by atoms with Crippen LogP contribution in [0.2, 0.25) is 0 Å². The van der Waals surface area contributed by atoms with Gasteiger partial charge in [-0.3, -0.25) is 4.57 Å². The molecule has 0 spiro atoms. The summed E-state index contributed by atoms with van der Waals surface area (Å²) in [5, 5.41) is 12.4. The first-order valence-corrected chi connectivity index (χ1v) is 9.53. The summed E-state index contributed by atoms with van der Waals surface area (Å²) in [7, 11) is 0. The summed E-state index contributed by atoms with van der Waals surface area (Å²) >= 11 is 3.63. The van der Waals surface area contributed by atoms with Crippen molar-refractivity contribution in [2.75, 3.05) is 18.0 Å². The van der Waals surface area contributed by atoms with Gasteiger partial charge in [0.25, 0.3) is 0 Å². The number of halogens is 1. The fourth-order valence-electron chi connectivity index (χ4n) is 3.93. The van der Waals surface area contributed by atoms with Crippen LogP contribution >= 0.6 is 15.9 Å². The molecule has 0 fully saturated rings. The molecule has 2 aliphatic rings. The first-order chi connectivity index (χ1) is 12.8. The van der Waals surface area contributed by atoms with Crippen molar-refractivity contribution in [1.29, 1.82) is 0 Å². The number of benzene rings is 2. The Hall–Kier alpha value is -2.44. The number of anilines is 2. The van der Waals surface area contributed by atoms with Crippen molar-refractivity contribution in [3.05, 3.63) is 64.9 Å². The predicted molar refractivity (Wildman–Crippen MR) is 107 cm³/mol. The fraction of sp³-hybridized carbons (Fsp3) is 0.200. The van der Waals surface area contributed by atoms with E-state index in [4.69, 9.17) is 0 Å². The van der Waals surface area contributed by atoms with E-state index in [1.54, 1.807) is 0 Å². The highest BCUT2D eigenvalue weighted by Gasteiger charge is 2.32.